The second-order valence-electron chi connectivity index (χ2n) is 5.46. The van der Waals surface area contributed by atoms with E-state index < -0.39 is 10.0 Å². The number of halogens is 1. The summed E-state index contributed by atoms with van der Waals surface area (Å²) in [5.74, 6) is 0.763. The summed E-state index contributed by atoms with van der Waals surface area (Å²) in [6.45, 7) is 5.00. The van der Waals surface area contributed by atoms with Gasteiger partial charge in [0.15, 0.2) is 0 Å². The Morgan fingerprint density at radius 2 is 2.14 bits per heavy atom. The monoisotopic (exact) mass is 364 g/mol. The molecule has 116 valence electrons. The van der Waals surface area contributed by atoms with Crippen LogP contribution in [0.25, 0.3) is 0 Å². The first-order valence-corrected chi connectivity index (χ1v) is 9.58. The van der Waals surface area contributed by atoms with Gasteiger partial charge in [-0.2, -0.15) is 16.1 Å². The van der Waals surface area contributed by atoms with E-state index in [1.807, 2.05) is 13.8 Å². The lowest BCUT2D eigenvalue weighted by atomic mass is 10.2. The highest BCUT2D eigenvalue weighted by atomic mass is 35.5. The molecule has 8 heteroatoms. The van der Waals surface area contributed by atoms with Gasteiger partial charge in [0, 0.05) is 29.2 Å². The highest BCUT2D eigenvalue weighted by Gasteiger charge is 2.35. The van der Waals surface area contributed by atoms with Gasteiger partial charge in [0.2, 0.25) is 10.0 Å². The van der Waals surface area contributed by atoms with Crippen LogP contribution in [0.15, 0.2) is 23.1 Å². The summed E-state index contributed by atoms with van der Waals surface area (Å²) in [5, 5.41) is 0.186. The van der Waals surface area contributed by atoms with Crippen molar-refractivity contribution in [2.75, 3.05) is 18.8 Å². The van der Waals surface area contributed by atoms with Crippen LogP contribution in [0.3, 0.4) is 0 Å². The van der Waals surface area contributed by atoms with Crippen LogP contribution in [-0.2, 0) is 10.0 Å². The Morgan fingerprint density at radius 1 is 1.48 bits per heavy atom. The molecule has 0 unspecified atom stereocenters. The highest BCUT2D eigenvalue weighted by Crippen LogP contribution is 2.34. The SMILES string of the molecule is CC1(C)CN(S(=O)(=O)c2cc(C(N)=S)ccc2Cl)CCS1. The van der Waals surface area contributed by atoms with Gasteiger partial charge >= 0.3 is 0 Å². The lowest BCUT2D eigenvalue weighted by Gasteiger charge is -2.36. The molecule has 2 N–H and O–H groups in total. The van der Waals surface area contributed by atoms with Gasteiger partial charge in [0.05, 0.1) is 5.02 Å². The van der Waals surface area contributed by atoms with Crippen molar-refractivity contribution in [2.45, 2.75) is 23.5 Å². The molecular formula is C13H17ClN2O2S3. The first kappa shape index (κ1) is 17.0. The number of sulfonamides is 1. The van der Waals surface area contributed by atoms with Gasteiger partial charge in [-0.15, -0.1) is 0 Å². The van der Waals surface area contributed by atoms with Crippen LogP contribution >= 0.6 is 35.6 Å². The average Bonchev–Trinajstić information content (AvgIpc) is 2.37. The molecule has 0 amide bonds. The number of thioether (sulfide) groups is 1. The predicted molar refractivity (Wildman–Crippen MR) is 92.6 cm³/mol. The van der Waals surface area contributed by atoms with E-state index in [9.17, 15) is 8.42 Å². The summed E-state index contributed by atoms with van der Waals surface area (Å²) in [4.78, 5) is 0.217. The molecular weight excluding hydrogens is 348 g/mol. The first-order chi connectivity index (χ1) is 9.63. The van der Waals surface area contributed by atoms with Crippen LogP contribution in [0.2, 0.25) is 5.02 Å². The van der Waals surface area contributed by atoms with Crippen LogP contribution in [0.4, 0.5) is 0 Å². The second kappa shape index (κ2) is 6.04. The third-order valence-electron chi connectivity index (χ3n) is 3.22. The molecule has 0 radical (unpaired) electrons. The normalized spacial score (nSPS) is 19.4. The van der Waals surface area contributed by atoms with Gasteiger partial charge in [-0.1, -0.05) is 29.9 Å². The second-order valence-corrected chi connectivity index (χ2v) is 10.0. The molecule has 21 heavy (non-hydrogen) atoms. The summed E-state index contributed by atoms with van der Waals surface area (Å²) in [6, 6.07) is 4.60. The molecule has 0 aliphatic carbocycles. The standard InChI is InChI=1S/C13H17ClN2O2S3/c1-13(2)8-16(5-6-20-13)21(17,18)11-7-9(12(15)19)3-4-10(11)14/h3-4,7H,5-6,8H2,1-2H3,(H2,15,19). The molecule has 1 aromatic carbocycles. The Bertz CT molecular complexity index is 674. The predicted octanol–water partition coefficient (Wildman–Crippen LogP) is 2.49. The maximum atomic E-state index is 12.8. The summed E-state index contributed by atoms with van der Waals surface area (Å²) in [5.41, 5.74) is 6.07. The number of nitrogens with zero attached hydrogens (tertiary/aromatic N) is 1. The summed E-state index contributed by atoms with van der Waals surface area (Å²) < 4.78 is 27.0. The molecule has 0 bridgehead atoms. The van der Waals surface area contributed by atoms with Crippen molar-refractivity contribution >= 4 is 50.6 Å². The summed E-state index contributed by atoms with van der Waals surface area (Å²) in [7, 11) is -3.65. The minimum atomic E-state index is -3.65. The number of hydrogen-bond acceptors (Lipinski definition) is 4. The Balaban J connectivity index is 2.44. The molecule has 2 rings (SSSR count). The molecule has 1 aliphatic heterocycles. The topological polar surface area (TPSA) is 63.4 Å². The van der Waals surface area contributed by atoms with Gasteiger partial charge in [-0.3, -0.25) is 0 Å². The van der Waals surface area contributed by atoms with Crippen LogP contribution < -0.4 is 5.73 Å². The quantitative estimate of drug-likeness (QED) is 0.835. The highest BCUT2D eigenvalue weighted by molar-refractivity contribution is 8.00. The Labute approximate surface area is 140 Å². The third-order valence-corrected chi connectivity index (χ3v) is 7.08. The van der Waals surface area contributed by atoms with Crippen molar-refractivity contribution in [1.29, 1.82) is 0 Å². The molecule has 0 aromatic heterocycles. The molecule has 0 atom stereocenters. The Hall–Kier alpha value is -0.340. The van der Waals surface area contributed by atoms with E-state index >= 15 is 0 Å². The fourth-order valence-corrected chi connectivity index (χ4v) is 5.71. The van der Waals surface area contributed by atoms with Crippen LogP contribution in [0, 0.1) is 0 Å². The molecule has 1 heterocycles. The van der Waals surface area contributed by atoms with E-state index in [0.29, 0.717) is 18.7 Å². The van der Waals surface area contributed by atoms with Gasteiger partial charge < -0.3 is 5.73 Å². The van der Waals surface area contributed by atoms with Crippen molar-refractivity contribution in [2.24, 2.45) is 5.73 Å². The molecule has 4 nitrogen and oxygen atoms in total. The maximum Gasteiger partial charge on any atom is 0.244 e. The maximum absolute atomic E-state index is 12.8. The summed E-state index contributed by atoms with van der Waals surface area (Å²) >= 11 is 12.8. The fourth-order valence-electron chi connectivity index (χ4n) is 2.17. The van der Waals surface area contributed by atoms with Crippen LogP contribution in [0.5, 0.6) is 0 Å². The van der Waals surface area contributed by atoms with E-state index in [1.54, 1.807) is 17.8 Å². The van der Waals surface area contributed by atoms with E-state index in [2.05, 4.69) is 0 Å². The molecule has 1 aliphatic rings. The van der Waals surface area contributed by atoms with E-state index in [1.165, 1.54) is 16.4 Å². The molecule has 1 saturated heterocycles. The Morgan fingerprint density at radius 3 is 2.71 bits per heavy atom. The number of thiocarbonyl (C=S) groups is 1. The van der Waals surface area contributed by atoms with Gasteiger partial charge in [0.1, 0.15) is 9.88 Å². The zero-order chi connectivity index (χ0) is 15.8. The number of benzene rings is 1. The number of hydrogen-bond donors (Lipinski definition) is 1. The first-order valence-electron chi connectivity index (χ1n) is 6.37. The van der Waals surface area contributed by atoms with Crippen molar-refractivity contribution < 1.29 is 8.42 Å². The van der Waals surface area contributed by atoms with Crippen LogP contribution in [0.1, 0.15) is 19.4 Å². The number of rotatable bonds is 3. The number of nitrogens with two attached hydrogens (primary N) is 1. The zero-order valence-electron chi connectivity index (χ0n) is 11.8. The smallest absolute Gasteiger partial charge is 0.244 e. The van der Waals surface area contributed by atoms with Gasteiger partial charge in [-0.25, -0.2) is 8.42 Å². The van der Waals surface area contributed by atoms with Gasteiger partial charge in [0.25, 0.3) is 0 Å². The zero-order valence-corrected chi connectivity index (χ0v) is 15.0. The van der Waals surface area contributed by atoms with Crippen molar-refractivity contribution in [3.05, 3.63) is 28.8 Å². The van der Waals surface area contributed by atoms with Crippen molar-refractivity contribution in [3.8, 4) is 0 Å². The molecule has 0 spiro atoms. The van der Waals surface area contributed by atoms with E-state index in [-0.39, 0.29) is 19.7 Å². The minimum Gasteiger partial charge on any atom is -0.389 e. The lowest BCUT2D eigenvalue weighted by Crippen LogP contribution is -2.46. The van der Waals surface area contributed by atoms with Crippen LogP contribution in [-0.4, -0.2) is 41.3 Å². The van der Waals surface area contributed by atoms with Crippen molar-refractivity contribution in [1.82, 2.24) is 4.31 Å². The average molecular weight is 365 g/mol. The van der Waals surface area contributed by atoms with Crippen molar-refractivity contribution in [3.63, 3.8) is 0 Å². The fraction of sp³-hybridized carbons (Fsp3) is 0.462. The molecule has 0 saturated carbocycles. The van der Waals surface area contributed by atoms with E-state index in [0.717, 1.165) is 5.75 Å². The summed E-state index contributed by atoms with van der Waals surface area (Å²) in [6.07, 6.45) is 0. The van der Waals surface area contributed by atoms with E-state index in [4.69, 9.17) is 29.6 Å². The third kappa shape index (κ3) is 3.71. The Kier molecular flexibility index (Phi) is 4.90. The molecule has 1 aromatic rings. The largest absolute Gasteiger partial charge is 0.389 e. The minimum absolute atomic E-state index is 0.0668. The molecule has 1 fully saturated rings. The van der Waals surface area contributed by atoms with Gasteiger partial charge in [-0.05, 0) is 26.0 Å². The lowest BCUT2D eigenvalue weighted by molar-refractivity contribution is 0.387.